The number of amides is 1. The summed E-state index contributed by atoms with van der Waals surface area (Å²) in [5.41, 5.74) is 1.47. The van der Waals surface area contributed by atoms with E-state index in [1.807, 2.05) is 6.07 Å². The Morgan fingerprint density at radius 3 is 2.39 bits per heavy atom. The third kappa shape index (κ3) is 4.76. The molecule has 2 aliphatic heterocycles. The molecule has 2 aromatic carbocycles. The highest BCUT2D eigenvalue weighted by molar-refractivity contribution is 5.76. The van der Waals surface area contributed by atoms with Gasteiger partial charge in [0.1, 0.15) is 11.6 Å². The predicted molar refractivity (Wildman–Crippen MR) is 105 cm³/mol. The van der Waals surface area contributed by atoms with Crippen molar-refractivity contribution < 1.29 is 13.6 Å². The quantitative estimate of drug-likeness (QED) is 0.780. The number of hydrogen-bond donors (Lipinski definition) is 2. The first-order valence-corrected chi connectivity index (χ1v) is 10.1. The van der Waals surface area contributed by atoms with Gasteiger partial charge in [0.2, 0.25) is 5.91 Å². The monoisotopic (exact) mass is 384 g/mol. The molecule has 2 bridgehead atoms. The predicted octanol–water partition coefficient (Wildman–Crippen LogP) is 4.29. The van der Waals surface area contributed by atoms with Gasteiger partial charge in [-0.1, -0.05) is 24.3 Å². The maximum Gasteiger partial charge on any atom is 0.220 e. The standard InChI is InChI=1S/C23H26F2N2O/c24-18-5-1-3-15(9-18)12-22(17-4-2-6-19(25)14-17)27-23(28)13-16-10-20-7-8-21(11-16)26-20/h1-6,9,14,16,20-22,26H,7-8,10-13H2,(H,27,28). The molecule has 0 saturated carbocycles. The number of fused-ring (bicyclic) bond motifs is 2. The summed E-state index contributed by atoms with van der Waals surface area (Å²) in [6, 6.07) is 13.3. The summed E-state index contributed by atoms with van der Waals surface area (Å²) in [7, 11) is 0. The number of carbonyl (C=O) groups is 1. The van der Waals surface area contributed by atoms with Crippen LogP contribution in [0.1, 0.15) is 49.3 Å². The van der Waals surface area contributed by atoms with Gasteiger partial charge >= 0.3 is 0 Å². The zero-order valence-electron chi connectivity index (χ0n) is 15.8. The first kappa shape index (κ1) is 19.1. The van der Waals surface area contributed by atoms with Gasteiger partial charge in [0.05, 0.1) is 6.04 Å². The van der Waals surface area contributed by atoms with Crippen molar-refractivity contribution in [3.63, 3.8) is 0 Å². The number of hydrogen-bond acceptors (Lipinski definition) is 2. The van der Waals surface area contributed by atoms with Gasteiger partial charge in [-0.3, -0.25) is 4.79 Å². The van der Waals surface area contributed by atoms with E-state index in [-0.39, 0.29) is 23.6 Å². The molecule has 2 aliphatic rings. The molecule has 0 spiro atoms. The molecule has 2 N–H and O–H groups in total. The van der Waals surface area contributed by atoms with Crippen molar-refractivity contribution in [2.24, 2.45) is 5.92 Å². The van der Waals surface area contributed by atoms with E-state index >= 15 is 0 Å². The molecular formula is C23H26F2N2O. The lowest BCUT2D eigenvalue weighted by atomic mass is 9.89. The van der Waals surface area contributed by atoms with Gasteiger partial charge in [0.15, 0.2) is 0 Å². The van der Waals surface area contributed by atoms with Crippen molar-refractivity contribution in [1.29, 1.82) is 0 Å². The molecule has 28 heavy (non-hydrogen) atoms. The minimum absolute atomic E-state index is 0.0167. The maximum absolute atomic E-state index is 13.8. The summed E-state index contributed by atoms with van der Waals surface area (Å²) >= 11 is 0. The number of piperidine rings is 1. The molecule has 4 rings (SSSR count). The Hall–Kier alpha value is -2.27. The zero-order chi connectivity index (χ0) is 19.5. The molecule has 3 nitrogen and oxygen atoms in total. The molecule has 0 aliphatic carbocycles. The van der Waals surface area contributed by atoms with Crippen LogP contribution in [0.25, 0.3) is 0 Å². The Kier molecular flexibility index (Phi) is 5.72. The first-order valence-electron chi connectivity index (χ1n) is 10.1. The van der Waals surface area contributed by atoms with Gasteiger partial charge in [-0.2, -0.15) is 0 Å². The van der Waals surface area contributed by atoms with Crippen LogP contribution in [0.4, 0.5) is 8.78 Å². The van der Waals surface area contributed by atoms with Crippen LogP contribution in [-0.4, -0.2) is 18.0 Å². The Balaban J connectivity index is 1.46. The highest BCUT2D eigenvalue weighted by atomic mass is 19.1. The Morgan fingerprint density at radius 2 is 1.71 bits per heavy atom. The highest BCUT2D eigenvalue weighted by Crippen LogP contribution is 2.33. The Bertz CT molecular complexity index is 829. The summed E-state index contributed by atoms with van der Waals surface area (Å²) < 4.78 is 27.3. The fourth-order valence-corrected chi connectivity index (χ4v) is 4.73. The topological polar surface area (TPSA) is 41.1 Å². The van der Waals surface area contributed by atoms with Crippen molar-refractivity contribution in [2.45, 2.75) is 56.7 Å². The van der Waals surface area contributed by atoms with Crippen molar-refractivity contribution >= 4 is 5.91 Å². The second kappa shape index (κ2) is 8.39. The van der Waals surface area contributed by atoms with E-state index in [0.717, 1.165) is 18.4 Å². The van der Waals surface area contributed by atoms with E-state index in [1.54, 1.807) is 18.2 Å². The molecule has 2 saturated heterocycles. The largest absolute Gasteiger partial charge is 0.349 e. The van der Waals surface area contributed by atoms with Crippen LogP contribution in [0.3, 0.4) is 0 Å². The SMILES string of the molecule is O=C(CC1CC2CCC(C1)N2)NC(Cc1cccc(F)c1)c1cccc(F)c1. The van der Waals surface area contributed by atoms with E-state index in [9.17, 15) is 13.6 Å². The molecule has 0 radical (unpaired) electrons. The smallest absolute Gasteiger partial charge is 0.220 e. The van der Waals surface area contributed by atoms with Gasteiger partial charge in [-0.25, -0.2) is 8.78 Å². The van der Waals surface area contributed by atoms with Crippen molar-refractivity contribution in [2.75, 3.05) is 0 Å². The van der Waals surface area contributed by atoms with Gasteiger partial charge < -0.3 is 10.6 Å². The number of nitrogens with one attached hydrogen (secondary N) is 2. The lowest BCUT2D eigenvalue weighted by Crippen LogP contribution is -2.40. The van der Waals surface area contributed by atoms with Crippen molar-refractivity contribution in [3.05, 3.63) is 71.3 Å². The third-order valence-corrected chi connectivity index (χ3v) is 5.96. The maximum atomic E-state index is 13.8. The fourth-order valence-electron chi connectivity index (χ4n) is 4.73. The minimum Gasteiger partial charge on any atom is -0.349 e. The van der Waals surface area contributed by atoms with Crippen molar-refractivity contribution in [1.82, 2.24) is 10.6 Å². The summed E-state index contributed by atoms with van der Waals surface area (Å²) in [6.07, 6.45) is 5.40. The summed E-state index contributed by atoms with van der Waals surface area (Å²) in [5.74, 6) is -0.282. The summed E-state index contributed by atoms with van der Waals surface area (Å²) in [4.78, 5) is 12.8. The van der Waals surface area contributed by atoms with Crippen LogP contribution < -0.4 is 10.6 Å². The van der Waals surface area contributed by atoms with E-state index in [0.29, 0.717) is 36.4 Å². The zero-order valence-corrected chi connectivity index (χ0v) is 15.8. The molecule has 3 atom stereocenters. The minimum atomic E-state index is -0.386. The van der Waals surface area contributed by atoms with Crippen LogP contribution in [0.15, 0.2) is 48.5 Å². The van der Waals surface area contributed by atoms with Crippen LogP contribution >= 0.6 is 0 Å². The average Bonchev–Trinajstić information content (AvgIpc) is 2.99. The third-order valence-electron chi connectivity index (χ3n) is 5.96. The second-order valence-corrected chi connectivity index (χ2v) is 8.19. The van der Waals surface area contributed by atoms with E-state index in [2.05, 4.69) is 10.6 Å². The average molecular weight is 384 g/mol. The number of carbonyl (C=O) groups excluding carboxylic acids is 1. The molecular weight excluding hydrogens is 358 g/mol. The summed E-state index contributed by atoms with van der Waals surface area (Å²) in [5, 5.41) is 6.67. The van der Waals surface area contributed by atoms with Gasteiger partial charge in [-0.05, 0) is 73.4 Å². The second-order valence-electron chi connectivity index (χ2n) is 8.19. The summed E-state index contributed by atoms with van der Waals surface area (Å²) in [6.45, 7) is 0. The van der Waals surface area contributed by atoms with Gasteiger partial charge in [-0.15, -0.1) is 0 Å². The number of benzene rings is 2. The molecule has 0 aromatic heterocycles. The van der Waals surface area contributed by atoms with E-state index < -0.39 is 0 Å². The normalized spacial score (nSPS) is 24.7. The highest BCUT2D eigenvalue weighted by Gasteiger charge is 2.34. The Morgan fingerprint density at radius 1 is 1.04 bits per heavy atom. The van der Waals surface area contributed by atoms with Gasteiger partial charge in [0, 0.05) is 18.5 Å². The van der Waals surface area contributed by atoms with Gasteiger partial charge in [0.25, 0.3) is 0 Å². The number of rotatable bonds is 6. The molecule has 1 amide bonds. The van der Waals surface area contributed by atoms with Crippen molar-refractivity contribution in [3.8, 4) is 0 Å². The van der Waals surface area contributed by atoms with E-state index in [1.165, 1.54) is 37.1 Å². The fraction of sp³-hybridized carbons (Fsp3) is 0.435. The van der Waals surface area contributed by atoms with Crippen LogP contribution in [0.5, 0.6) is 0 Å². The lowest BCUT2D eigenvalue weighted by molar-refractivity contribution is -0.123. The van der Waals surface area contributed by atoms with E-state index in [4.69, 9.17) is 0 Å². The lowest BCUT2D eigenvalue weighted by Gasteiger charge is -2.29. The van der Waals surface area contributed by atoms with Crippen LogP contribution in [0.2, 0.25) is 0 Å². The molecule has 3 unspecified atom stereocenters. The van der Waals surface area contributed by atoms with Crippen LogP contribution in [0, 0.1) is 17.6 Å². The molecule has 2 fully saturated rings. The molecule has 148 valence electrons. The van der Waals surface area contributed by atoms with Crippen LogP contribution in [-0.2, 0) is 11.2 Å². The number of halogens is 2. The molecule has 5 heteroatoms. The molecule has 2 heterocycles. The Labute approximate surface area is 164 Å². The first-order chi connectivity index (χ1) is 13.5. The molecule has 2 aromatic rings.